The molecule has 6 heteroatoms. The van der Waals surface area contributed by atoms with Crippen LogP contribution < -0.4 is 4.80 Å². The maximum atomic E-state index is 11.8. The van der Waals surface area contributed by atoms with E-state index in [1.807, 2.05) is 29.2 Å². The van der Waals surface area contributed by atoms with Gasteiger partial charge in [-0.25, -0.2) is 4.99 Å². The minimum atomic E-state index is 0.279. The molecule has 0 radical (unpaired) electrons. The summed E-state index contributed by atoms with van der Waals surface area (Å²) in [4.78, 5) is 19.6. The molecule has 0 unspecified atom stereocenters. The lowest BCUT2D eigenvalue weighted by Crippen LogP contribution is -2.27. The van der Waals surface area contributed by atoms with Crippen LogP contribution in [0.5, 0.6) is 0 Å². The predicted octanol–water partition coefficient (Wildman–Crippen LogP) is 4.36. The standard InChI is InChI=1S/C21H23N3O2S/c1-16-6-2-7-17(14-16)22-21-24(12-5-11-23-10-3-9-20(23)25)18(15-27-21)19-8-4-13-26-19/h2,4,6-8,13-15H,3,5,9-12H2,1H3. The van der Waals surface area contributed by atoms with Gasteiger partial charge in [-0.1, -0.05) is 12.1 Å². The highest BCUT2D eigenvalue weighted by Crippen LogP contribution is 2.22. The fourth-order valence-electron chi connectivity index (χ4n) is 3.43. The third-order valence-corrected chi connectivity index (χ3v) is 5.64. The summed E-state index contributed by atoms with van der Waals surface area (Å²) in [6.07, 6.45) is 4.27. The second-order valence-electron chi connectivity index (χ2n) is 6.82. The number of hydrogen-bond acceptors (Lipinski definition) is 4. The highest BCUT2D eigenvalue weighted by molar-refractivity contribution is 7.07. The zero-order valence-electron chi connectivity index (χ0n) is 15.4. The first kappa shape index (κ1) is 17.8. The number of furan rings is 1. The van der Waals surface area contributed by atoms with Crippen LogP contribution in [0.4, 0.5) is 5.69 Å². The summed E-state index contributed by atoms with van der Waals surface area (Å²) in [7, 11) is 0. The topological polar surface area (TPSA) is 50.7 Å². The van der Waals surface area contributed by atoms with Crippen LogP contribution in [0, 0.1) is 6.92 Å². The second kappa shape index (κ2) is 7.96. The largest absolute Gasteiger partial charge is 0.463 e. The van der Waals surface area contributed by atoms with E-state index in [9.17, 15) is 4.79 Å². The Balaban J connectivity index is 1.62. The quantitative estimate of drug-likeness (QED) is 0.637. The van der Waals surface area contributed by atoms with Crippen LogP contribution in [0.2, 0.25) is 0 Å². The van der Waals surface area contributed by atoms with Gasteiger partial charge in [-0.15, -0.1) is 11.3 Å². The first-order valence-electron chi connectivity index (χ1n) is 9.32. The monoisotopic (exact) mass is 381 g/mol. The van der Waals surface area contributed by atoms with Gasteiger partial charge in [0.1, 0.15) is 0 Å². The minimum Gasteiger partial charge on any atom is -0.463 e. The van der Waals surface area contributed by atoms with Crippen molar-refractivity contribution in [2.24, 2.45) is 4.99 Å². The molecule has 3 heterocycles. The van der Waals surface area contributed by atoms with Gasteiger partial charge < -0.3 is 13.9 Å². The number of hydrogen-bond donors (Lipinski definition) is 0. The molecule has 0 aliphatic carbocycles. The lowest BCUT2D eigenvalue weighted by Gasteiger charge is -2.16. The molecule has 2 aromatic heterocycles. The van der Waals surface area contributed by atoms with Gasteiger partial charge in [-0.2, -0.15) is 0 Å². The van der Waals surface area contributed by atoms with E-state index in [1.165, 1.54) is 5.56 Å². The second-order valence-corrected chi connectivity index (χ2v) is 7.66. The van der Waals surface area contributed by atoms with E-state index >= 15 is 0 Å². The SMILES string of the molecule is Cc1cccc(N=c2scc(-c3ccco3)n2CCCN2CCCC2=O)c1. The highest BCUT2D eigenvalue weighted by Gasteiger charge is 2.19. The summed E-state index contributed by atoms with van der Waals surface area (Å²) in [6, 6.07) is 12.1. The number of thiazole rings is 1. The van der Waals surface area contributed by atoms with Crippen LogP contribution in [-0.4, -0.2) is 28.5 Å². The lowest BCUT2D eigenvalue weighted by atomic mass is 10.2. The molecule has 27 heavy (non-hydrogen) atoms. The number of nitrogens with zero attached hydrogens (tertiary/aromatic N) is 3. The third-order valence-electron chi connectivity index (χ3n) is 4.78. The van der Waals surface area contributed by atoms with Crippen molar-refractivity contribution in [1.82, 2.24) is 9.47 Å². The van der Waals surface area contributed by atoms with Crippen molar-refractivity contribution in [3.8, 4) is 11.5 Å². The van der Waals surface area contributed by atoms with Gasteiger partial charge in [0.25, 0.3) is 0 Å². The van der Waals surface area contributed by atoms with Gasteiger partial charge in [-0.3, -0.25) is 4.79 Å². The molecule has 1 fully saturated rings. The molecule has 0 spiro atoms. The van der Waals surface area contributed by atoms with Gasteiger partial charge >= 0.3 is 0 Å². The van der Waals surface area contributed by atoms with E-state index in [0.29, 0.717) is 6.42 Å². The molecule has 1 aromatic carbocycles. The van der Waals surface area contributed by atoms with E-state index in [2.05, 4.69) is 29.0 Å². The smallest absolute Gasteiger partial charge is 0.222 e. The van der Waals surface area contributed by atoms with Crippen molar-refractivity contribution >= 4 is 22.9 Å². The van der Waals surface area contributed by atoms with Crippen molar-refractivity contribution in [3.63, 3.8) is 0 Å². The molecule has 1 saturated heterocycles. The Morgan fingerprint density at radius 2 is 2.15 bits per heavy atom. The van der Waals surface area contributed by atoms with Crippen LogP contribution in [0.15, 0.2) is 57.5 Å². The summed E-state index contributed by atoms with van der Waals surface area (Å²) >= 11 is 1.61. The molecule has 1 amide bonds. The maximum absolute atomic E-state index is 11.8. The van der Waals surface area contributed by atoms with E-state index < -0.39 is 0 Å². The van der Waals surface area contributed by atoms with Crippen molar-refractivity contribution in [2.45, 2.75) is 32.7 Å². The highest BCUT2D eigenvalue weighted by atomic mass is 32.1. The summed E-state index contributed by atoms with van der Waals surface area (Å²) < 4.78 is 7.82. The molecule has 4 rings (SSSR count). The third kappa shape index (κ3) is 4.06. The first-order chi connectivity index (χ1) is 13.2. The Kier molecular flexibility index (Phi) is 5.25. The number of carbonyl (C=O) groups excluding carboxylic acids is 1. The molecule has 5 nitrogen and oxygen atoms in total. The van der Waals surface area contributed by atoms with Crippen LogP contribution in [-0.2, 0) is 11.3 Å². The number of rotatable bonds is 6. The number of carbonyl (C=O) groups is 1. The minimum absolute atomic E-state index is 0.279. The average molecular weight is 382 g/mol. The molecule has 3 aromatic rings. The average Bonchev–Trinajstić information content (AvgIpc) is 3.38. The van der Waals surface area contributed by atoms with Crippen molar-refractivity contribution < 1.29 is 9.21 Å². The Labute approximate surface area is 162 Å². The van der Waals surface area contributed by atoms with Gasteiger partial charge in [0, 0.05) is 31.4 Å². The predicted molar refractivity (Wildman–Crippen MR) is 107 cm³/mol. The van der Waals surface area contributed by atoms with Gasteiger partial charge in [0.15, 0.2) is 10.6 Å². The molecule has 0 saturated carbocycles. The number of aromatic nitrogens is 1. The number of likely N-dealkylation sites (tertiary alicyclic amines) is 1. The molecule has 0 atom stereocenters. The zero-order valence-corrected chi connectivity index (χ0v) is 16.2. The van der Waals surface area contributed by atoms with Crippen molar-refractivity contribution in [2.75, 3.05) is 13.1 Å². The molecule has 0 N–H and O–H groups in total. The van der Waals surface area contributed by atoms with Crippen LogP contribution in [0.3, 0.4) is 0 Å². The lowest BCUT2D eigenvalue weighted by molar-refractivity contribution is -0.127. The fraction of sp³-hybridized carbons (Fsp3) is 0.333. The molecule has 1 aliphatic heterocycles. The zero-order chi connectivity index (χ0) is 18.6. The van der Waals surface area contributed by atoms with Crippen LogP contribution in [0.25, 0.3) is 11.5 Å². The maximum Gasteiger partial charge on any atom is 0.222 e. The molecule has 140 valence electrons. The summed E-state index contributed by atoms with van der Waals surface area (Å²) in [5.41, 5.74) is 3.17. The van der Waals surface area contributed by atoms with Gasteiger partial charge in [0.05, 0.1) is 17.6 Å². The Bertz CT molecular complexity index is 985. The number of aryl methyl sites for hydroxylation is 1. The van der Waals surface area contributed by atoms with E-state index in [1.54, 1.807) is 17.6 Å². The summed E-state index contributed by atoms with van der Waals surface area (Å²) in [5.74, 6) is 1.12. The van der Waals surface area contributed by atoms with E-state index in [4.69, 9.17) is 9.41 Å². The Hall–Kier alpha value is -2.60. The van der Waals surface area contributed by atoms with Crippen LogP contribution in [0.1, 0.15) is 24.8 Å². The fourth-order valence-corrected chi connectivity index (χ4v) is 4.36. The van der Waals surface area contributed by atoms with Crippen molar-refractivity contribution in [1.29, 1.82) is 0 Å². The number of amides is 1. The summed E-state index contributed by atoms with van der Waals surface area (Å²) in [5, 5.41) is 2.09. The molecular weight excluding hydrogens is 358 g/mol. The molecule has 0 bridgehead atoms. The van der Waals surface area contributed by atoms with Crippen LogP contribution >= 0.6 is 11.3 Å². The Morgan fingerprint density at radius 3 is 2.89 bits per heavy atom. The van der Waals surface area contributed by atoms with Gasteiger partial charge in [-0.05, 0) is 49.6 Å². The summed E-state index contributed by atoms with van der Waals surface area (Å²) in [6.45, 7) is 4.55. The van der Waals surface area contributed by atoms with Gasteiger partial charge in [0.2, 0.25) is 5.91 Å². The normalized spacial score (nSPS) is 15.1. The molecule has 1 aliphatic rings. The van der Waals surface area contributed by atoms with Crippen molar-refractivity contribution in [3.05, 3.63) is 58.4 Å². The van der Waals surface area contributed by atoms with E-state index in [0.717, 1.165) is 54.4 Å². The first-order valence-corrected chi connectivity index (χ1v) is 10.2. The molecular formula is C21H23N3O2S. The van der Waals surface area contributed by atoms with E-state index in [-0.39, 0.29) is 5.91 Å². The Morgan fingerprint density at radius 1 is 1.22 bits per heavy atom. The number of benzene rings is 1.